The maximum atomic E-state index is 6.74. The minimum Gasteiger partial charge on any atom is -0.455 e. The number of hydrogen-bond acceptors (Lipinski definition) is 3. The van der Waals surface area contributed by atoms with Crippen molar-refractivity contribution in [2.45, 2.75) is 6.92 Å². The van der Waals surface area contributed by atoms with Crippen molar-refractivity contribution in [3.05, 3.63) is 163 Å². The Balaban J connectivity index is 1.26. The Hall–Kier alpha value is -5.90. The van der Waals surface area contributed by atoms with E-state index in [0.29, 0.717) is 0 Å². The molecule has 2 aromatic heterocycles. The van der Waals surface area contributed by atoms with Crippen molar-refractivity contribution >= 4 is 92.1 Å². The summed E-state index contributed by atoms with van der Waals surface area (Å²) in [5, 5.41) is 9.99. The lowest BCUT2D eigenvalue weighted by molar-refractivity contribution is 0.670. The lowest BCUT2D eigenvalue weighted by Gasteiger charge is -2.28. The zero-order valence-corrected chi connectivity index (χ0v) is 27.1. The zero-order valence-electron chi connectivity index (χ0n) is 26.3. The summed E-state index contributed by atoms with van der Waals surface area (Å²) < 4.78 is 9.34. The van der Waals surface area contributed by atoms with Gasteiger partial charge in [0.05, 0.1) is 5.69 Å². The average Bonchev–Trinajstić information content (AvgIpc) is 3.71. The quantitative estimate of drug-likeness (QED) is 0.192. The molecule has 48 heavy (non-hydrogen) atoms. The van der Waals surface area contributed by atoms with Crippen molar-refractivity contribution in [3.63, 3.8) is 0 Å². The van der Waals surface area contributed by atoms with E-state index in [0.717, 1.165) is 50.1 Å². The van der Waals surface area contributed by atoms with Crippen LogP contribution < -0.4 is 4.90 Å². The molecule has 10 aromatic rings. The van der Waals surface area contributed by atoms with Gasteiger partial charge in [0.15, 0.2) is 0 Å². The van der Waals surface area contributed by atoms with Crippen LogP contribution in [0.25, 0.3) is 74.8 Å². The zero-order chi connectivity index (χ0) is 31.8. The van der Waals surface area contributed by atoms with Gasteiger partial charge < -0.3 is 9.32 Å². The maximum absolute atomic E-state index is 6.74. The topological polar surface area (TPSA) is 16.4 Å². The van der Waals surface area contributed by atoms with Gasteiger partial charge in [-0.15, -0.1) is 11.3 Å². The number of rotatable bonds is 4. The minimum atomic E-state index is 0.878. The molecule has 0 aliphatic heterocycles. The summed E-state index contributed by atoms with van der Waals surface area (Å²) in [6.45, 7) is 2.19. The Bertz CT molecular complexity index is 2860. The summed E-state index contributed by atoms with van der Waals surface area (Å²) in [6, 6.07) is 56.9. The normalized spacial score (nSPS) is 11.9. The number of benzene rings is 8. The summed E-state index contributed by atoms with van der Waals surface area (Å²) in [6.07, 6.45) is 0. The van der Waals surface area contributed by atoms with Gasteiger partial charge >= 0.3 is 0 Å². The van der Waals surface area contributed by atoms with Crippen molar-refractivity contribution < 1.29 is 4.42 Å². The lowest BCUT2D eigenvalue weighted by Crippen LogP contribution is -2.11. The van der Waals surface area contributed by atoms with Gasteiger partial charge in [0, 0.05) is 59.3 Å². The van der Waals surface area contributed by atoms with Crippen LogP contribution >= 0.6 is 11.3 Å². The molecule has 0 N–H and O–H groups in total. The van der Waals surface area contributed by atoms with Crippen LogP contribution in [0.1, 0.15) is 5.56 Å². The lowest BCUT2D eigenvalue weighted by atomic mass is 9.97. The minimum absolute atomic E-state index is 0.878. The Labute approximate surface area is 281 Å². The molecule has 0 fully saturated rings. The summed E-state index contributed by atoms with van der Waals surface area (Å²) >= 11 is 1.88. The number of nitrogens with zero attached hydrogens (tertiary/aromatic N) is 1. The van der Waals surface area contributed by atoms with E-state index in [2.05, 4.69) is 170 Å². The molecule has 2 nitrogen and oxygen atoms in total. The summed E-state index contributed by atoms with van der Waals surface area (Å²) in [5.74, 6) is 0. The van der Waals surface area contributed by atoms with Crippen molar-refractivity contribution in [2.75, 3.05) is 4.90 Å². The molecule has 0 saturated heterocycles. The molecule has 0 amide bonds. The van der Waals surface area contributed by atoms with Gasteiger partial charge in [0.2, 0.25) is 0 Å². The third kappa shape index (κ3) is 4.05. The summed E-state index contributed by atoms with van der Waals surface area (Å²) in [7, 11) is 0. The van der Waals surface area contributed by atoms with E-state index in [-0.39, 0.29) is 0 Å². The molecule has 10 rings (SSSR count). The second-order valence-corrected chi connectivity index (χ2v) is 13.6. The van der Waals surface area contributed by atoms with Crippen molar-refractivity contribution in [1.29, 1.82) is 0 Å². The van der Waals surface area contributed by atoms with Crippen LogP contribution in [0, 0.1) is 6.92 Å². The van der Waals surface area contributed by atoms with Crippen LogP contribution in [-0.2, 0) is 0 Å². The van der Waals surface area contributed by atoms with Crippen molar-refractivity contribution in [3.8, 4) is 11.1 Å². The molecule has 0 aliphatic rings. The third-order valence-electron chi connectivity index (χ3n) is 9.77. The maximum Gasteiger partial charge on any atom is 0.143 e. The molecule has 0 radical (unpaired) electrons. The first kappa shape index (κ1) is 27.2. The third-order valence-corrected chi connectivity index (χ3v) is 10.9. The van der Waals surface area contributed by atoms with E-state index in [9.17, 15) is 0 Å². The van der Waals surface area contributed by atoms with E-state index in [1.165, 1.54) is 47.3 Å². The van der Waals surface area contributed by atoms with Gasteiger partial charge in [-0.3, -0.25) is 0 Å². The molecule has 2 heterocycles. The Morgan fingerprint density at radius 3 is 2.10 bits per heavy atom. The Morgan fingerprint density at radius 2 is 1.23 bits per heavy atom. The Morgan fingerprint density at radius 1 is 0.500 bits per heavy atom. The molecule has 0 unspecified atom stereocenters. The number of aryl methyl sites for hydroxylation is 1. The van der Waals surface area contributed by atoms with E-state index in [1.54, 1.807) is 0 Å². The fourth-order valence-electron chi connectivity index (χ4n) is 7.56. The van der Waals surface area contributed by atoms with Gasteiger partial charge in [-0.2, -0.15) is 0 Å². The van der Waals surface area contributed by atoms with Gasteiger partial charge in [-0.25, -0.2) is 0 Å². The predicted octanol–water partition coefficient (Wildman–Crippen LogP) is 13.7. The van der Waals surface area contributed by atoms with Crippen molar-refractivity contribution in [2.24, 2.45) is 0 Å². The Kier molecular flexibility index (Phi) is 5.99. The fourth-order valence-corrected chi connectivity index (χ4v) is 8.73. The average molecular weight is 632 g/mol. The second kappa shape index (κ2) is 10.6. The summed E-state index contributed by atoms with van der Waals surface area (Å²) in [4.78, 5) is 2.42. The molecule has 0 saturated carbocycles. The largest absolute Gasteiger partial charge is 0.455 e. The van der Waals surface area contributed by atoms with Gasteiger partial charge in [-0.1, -0.05) is 121 Å². The van der Waals surface area contributed by atoms with Crippen LogP contribution in [0.15, 0.2) is 162 Å². The number of fused-ring (bicyclic) bond motifs is 10. The van der Waals surface area contributed by atoms with E-state index in [4.69, 9.17) is 4.42 Å². The van der Waals surface area contributed by atoms with E-state index >= 15 is 0 Å². The second-order valence-electron chi connectivity index (χ2n) is 12.5. The van der Waals surface area contributed by atoms with Crippen molar-refractivity contribution in [1.82, 2.24) is 0 Å². The number of hydrogen-bond donors (Lipinski definition) is 0. The van der Waals surface area contributed by atoms with E-state index in [1.807, 2.05) is 11.3 Å². The molecule has 0 aliphatic carbocycles. The predicted molar refractivity (Wildman–Crippen MR) is 206 cm³/mol. The smallest absolute Gasteiger partial charge is 0.143 e. The molecule has 0 atom stereocenters. The monoisotopic (exact) mass is 631 g/mol. The highest BCUT2D eigenvalue weighted by Crippen LogP contribution is 2.49. The molecule has 0 spiro atoms. The number of anilines is 3. The van der Waals surface area contributed by atoms with Gasteiger partial charge in [-0.05, 0) is 64.5 Å². The number of thiophene rings is 1. The number of furan rings is 1. The SMILES string of the molecule is Cc1ccccc1N(c1ccc2c(c1)oc1c(-c3ccccc3)cccc12)c1cc2sc3ccc4ccccc4c3c2c2ccccc12. The van der Waals surface area contributed by atoms with Crippen LogP contribution in [0.3, 0.4) is 0 Å². The molecule has 226 valence electrons. The molecule has 8 aromatic carbocycles. The number of para-hydroxylation sites is 2. The summed E-state index contributed by atoms with van der Waals surface area (Å²) in [5.41, 5.74) is 8.63. The fraction of sp³-hybridized carbons (Fsp3) is 0.0222. The standard InChI is InChI=1S/C45H29NOS/c1-28-12-5-10-21-38(28)46(31-23-24-35-37-20-11-19-33(29-13-3-2-4-14-29)45(37)47-40(35)26-31)39-27-42-44(36-18-9-8-17-34(36)39)43-32-16-7-6-15-30(32)22-25-41(43)48-42/h2-27H,1H3. The molecular formula is C45H29NOS. The van der Waals surface area contributed by atoms with Gasteiger partial charge in [0.1, 0.15) is 11.2 Å². The van der Waals surface area contributed by atoms with Crippen LogP contribution in [0.5, 0.6) is 0 Å². The van der Waals surface area contributed by atoms with Crippen LogP contribution in [0.4, 0.5) is 17.1 Å². The first-order chi connectivity index (χ1) is 23.7. The van der Waals surface area contributed by atoms with Gasteiger partial charge in [0.25, 0.3) is 0 Å². The van der Waals surface area contributed by atoms with Crippen LogP contribution in [-0.4, -0.2) is 0 Å². The molecular weight excluding hydrogens is 603 g/mol. The highest BCUT2D eigenvalue weighted by molar-refractivity contribution is 7.26. The van der Waals surface area contributed by atoms with E-state index < -0.39 is 0 Å². The highest BCUT2D eigenvalue weighted by atomic mass is 32.1. The molecule has 0 bridgehead atoms. The first-order valence-corrected chi connectivity index (χ1v) is 17.2. The highest BCUT2D eigenvalue weighted by Gasteiger charge is 2.22. The van der Waals surface area contributed by atoms with Crippen LogP contribution in [0.2, 0.25) is 0 Å². The molecule has 3 heteroatoms. The first-order valence-electron chi connectivity index (χ1n) is 16.4.